The van der Waals surface area contributed by atoms with E-state index in [1.54, 1.807) is 0 Å². The number of hydrogen-bond donors (Lipinski definition) is 1. The summed E-state index contributed by atoms with van der Waals surface area (Å²) in [6, 6.07) is 6.78. The maximum Gasteiger partial charge on any atom is 0.227 e. The molecule has 116 valence electrons. The lowest BCUT2D eigenvalue weighted by Gasteiger charge is -2.36. The number of benzene rings is 1. The molecular formula is C18H28N2O. The van der Waals surface area contributed by atoms with Crippen LogP contribution >= 0.6 is 0 Å². The van der Waals surface area contributed by atoms with Crippen molar-refractivity contribution >= 4 is 5.91 Å². The fourth-order valence-corrected chi connectivity index (χ4v) is 3.13. The van der Waals surface area contributed by atoms with E-state index in [-0.39, 0.29) is 0 Å². The number of nitrogens with zero attached hydrogens (tertiary/aromatic N) is 1. The van der Waals surface area contributed by atoms with Gasteiger partial charge in [0.15, 0.2) is 0 Å². The van der Waals surface area contributed by atoms with Crippen molar-refractivity contribution in [2.75, 3.05) is 20.1 Å². The summed E-state index contributed by atoms with van der Waals surface area (Å²) < 4.78 is 0. The van der Waals surface area contributed by atoms with Crippen molar-refractivity contribution in [1.29, 1.82) is 0 Å². The van der Waals surface area contributed by atoms with Gasteiger partial charge >= 0.3 is 0 Å². The molecule has 1 aromatic carbocycles. The minimum Gasteiger partial charge on any atom is -0.339 e. The van der Waals surface area contributed by atoms with Gasteiger partial charge in [-0.05, 0) is 69.8 Å². The lowest BCUT2D eigenvalue weighted by Crippen LogP contribution is -2.45. The van der Waals surface area contributed by atoms with Gasteiger partial charge in [0.25, 0.3) is 0 Å². The summed E-state index contributed by atoms with van der Waals surface area (Å²) in [5, 5.41) is 3.20. The van der Waals surface area contributed by atoms with Crippen molar-refractivity contribution < 1.29 is 4.79 Å². The van der Waals surface area contributed by atoms with E-state index >= 15 is 0 Å². The molecule has 3 heteroatoms. The van der Waals surface area contributed by atoms with Crippen LogP contribution in [0, 0.1) is 13.8 Å². The standard InChI is InChI=1S/C18H28N2O/c1-14-7-8-16(12-15(14)2)13-18(21)20-11-5-4-6-17(20)9-10-19-3/h7-8,12,17,19H,4-6,9-11,13H2,1-3H3. The highest BCUT2D eigenvalue weighted by molar-refractivity contribution is 5.79. The summed E-state index contributed by atoms with van der Waals surface area (Å²) in [5.74, 6) is 0.291. The van der Waals surface area contributed by atoms with Crippen molar-refractivity contribution in [3.8, 4) is 0 Å². The molecule has 2 rings (SSSR count). The Morgan fingerprint density at radius 2 is 2.10 bits per heavy atom. The molecule has 3 nitrogen and oxygen atoms in total. The van der Waals surface area contributed by atoms with Gasteiger partial charge in [-0.2, -0.15) is 0 Å². The van der Waals surface area contributed by atoms with E-state index in [1.807, 2.05) is 7.05 Å². The lowest BCUT2D eigenvalue weighted by molar-refractivity contribution is -0.134. The quantitative estimate of drug-likeness (QED) is 0.903. The van der Waals surface area contributed by atoms with Gasteiger partial charge in [0.2, 0.25) is 5.91 Å². The molecule has 0 aliphatic carbocycles. The van der Waals surface area contributed by atoms with E-state index < -0.39 is 0 Å². The van der Waals surface area contributed by atoms with Gasteiger partial charge in [0.05, 0.1) is 6.42 Å². The number of nitrogens with one attached hydrogen (secondary N) is 1. The third-order valence-corrected chi connectivity index (χ3v) is 4.60. The second kappa shape index (κ2) is 7.60. The molecule has 21 heavy (non-hydrogen) atoms. The molecule has 1 aliphatic rings. The molecule has 0 saturated carbocycles. The Balaban J connectivity index is 2.01. The summed E-state index contributed by atoms with van der Waals surface area (Å²) in [6.45, 7) is 6.13. The van der Waals surface area contributed by atoms with Crippen LogP contribution in [0.15, 0.2) is 18.2 Å². The monoisotopic (exact) mass is 288 g/mol. The summed E-state index contributed by atoms with van der Waals surface area (Å²) in [6.07, 6.45) is 5.16. The van der Waals surface area contributed by atoms with Crippen LogP contribution in [0.1, 0.15) is 42.4 Å². The Kier molecular flexibility index (Phi) is 5.80. The highest BCUT2D eigenvalue weighted by Crippen LogP contribution is 2.21. The third-order valence-electron chi connectivity index (χ3n) is 4.60. The summed E-state index contributed by atoms with van der Waals surface area (Å²) >= 11 is 0. The number of likely N-dealkylation sites (tertiary alicyclic amines) is 1. The van der Waals surface area contributed by atoms with Crippen molar-refractivity contribution in [1.82, 2.24) is 10.2 Å². The number of rotatable bonds is 5. The molecule has 1 amide bonds. The van der Waals surface area contributed by atoms with E-state index in [4.69, 9.17) is 0 Å². The molecule has 0 spiro atoms. The number of amides is 1. The Bertz CT molecular complexity index is 484. The van der Waals surface area contributed by atoms with Crippen LogP contribution in [0.25, 0.3) is 0 Å². The van der Waals surface area contributed by atoms with E-state index in [0.29, 0.717) is 18.4 Å². The van der Waals surface area contributed by atoms with Gasteiger partial charge in [-0.25, -0.2) is 0 Å². The first-order valence-electron chi connectivity index (χ1n) is 8.12. The number of carbonyl (C=O) groups is 1. The average molecular weight is 288 g/mol. The van der Waals surface area contributed by atoms with E-state index in [9.17, 15) is 4.79 Å². The van der Waals surface area contributed by atoms with E-state index in [0.717, 1.165) is 37.9 Å². The highest BCUT2D eigenvalue weighted by atomic mass is 16.2. The van der Waals surface area contributed by atoms with Crippen molar-refractivity contribution in [2.24, 2.45) is 0 Å². The van der Waals surface area contributed by atoms with Crippen LogP contribution < -0.4 is 5.32 Å². The van der Waals surface area contributed by atoms with Gasteiger partial charge in [0.1, 0.15) is 0 Å². The Labute approximate surface area is 128 Å². The summed E-state index contributed by atoms with van der Waals surface area (Å²) in [5.41, 5.74) is 3.70. The fourth-order valence-electron chi connectivity index (χ4n) is 3.13. The van der Waals surface area contributed by atoms with Crippen LogP contribution in [0.4, 0.5) is 0 Å². The van der Waals surface area contributed by atoms with Gasteiger partial charge < -0.3 is 10.2 Å². The van der Waals surface area contributed by atoms with Crippen molar-refractivity contribution in [3.05, 3.63) is 34.9 Å². The zero-order valence-electron chi connectivity index (χ0n) is 13.6. The Hall–Kier alpha value is -1.35. The molecule has 1 unspecified atom stereocenters. The van der Waals surface area contributed by atoms with Crippen molar-refractivity contribution in [3.63, 3.8) is 0 Å². The third kappa shape index (κ3) is 4.31. The molecule has 1 aromatic rings. The molecule has 1 fully saturated rings. The topological polar surface area (TPSA) is 32.3 Å². The van der Waals surface area contributed by atoms with Crippen LogP contribution in [-0.2, 0) is 11.2 Å². The van der Waals surface area contributed by atoms with E-state index in [1.165, 1.54) is 17.5 Å². The molecule has 1 N–H and O–H groups in total. The van der Waals surface area contributed by atoms with Gasteiger partial charge in [0, 0.05) is 12.6 Å². The normalized spacial score (nSPS) is 18.8. The zero-order valence-corrected chi connectivity index (χ0v) is 13.6. The molecule has 1 aliphatic heterocycles. The predicted molar refractivity (Wildman–Crippen MR) is 87.5 cm³/mol. The number of hydrogen-bond acceptors (Lipinski definition) is 2. The van der Waals surface area contributed by atoms with E-state index in [2.05, 4.69) is 42.3 Å². The molecule has 0 radical (unpaired) electrons. The largest absolute Gasteiger partial charge is 0.339 e. The first-order valence-corrected chi connectivity index (χ1v) is 8.12. The molecule has 1 saturated heterocycles. The number of aryl methyl sites for hydroxylation is 2. The lowest BCUT2D eigenvalue weighted by atomic mass is 9.97. The highest BCUT2D eigenvalue weighted by Gasteiger charge is 2.26. The SMILES string of the molecule is CNCCC1CCCCN1C(=O)Cc1ccc(C)c(C)c1. The fraction of sp³-hybridized carbons (Fsp3) is 0.611. The maximum atomic E-state index is 12.6. The van der Waals surface area contributed by atoms with Crippen LogP contribution in [0.2, 0.25) is 0 Å². The average Bonchev–Trinajstić information content (AvgIpc) is 2.49. The van der Waals surface area contributed by atoms with Gasteiger partial charge in [-0.1, -0.05) is 18.2 Å². The second-order valence-corrected chi connectivity index (χ2v) is 6.22. The first-order chi connectivity index (χ1) is 10.1. The molecule has 1 atom stereocenters. The Morgan fingerprint density at radius 3 is 2.81 bits per heavy atom. The zero-order chi connectivity index (χ0) is 15.2. The van der Waals surface area contributed by atoms with Crippen LogP contribution in [0.5, 0.6) is 0 Å². The minimum absolute atomic E-state index is 0.291. The van der Waals surface area contributed by atoms with Crippen LogP contribution in [-0.4, -0.2) is 37.0 Å². The smallest absolute Gasteiger partial charge is 0.227 e. The predicted octanol–water partition coefficient (Wildman–Crippen LogP) is 2.84. The van der Waals surface area contributed by atoms with Gasteiger partial charge in [-0.15, -0.1) is 0 Å². The van der Waals surface area contributed by atoms with Crippen molar-refractivity contribution in [2.45, 2.75) is 52.0 Å². The van der Waals surface area contributed by atoms with Gasteiger partial charge in [-0.3, -0.25) is 4.79 Å². The number of piperidine rings is 1. The molecule has 0 aromatic heterocycles. The number of carbonyl (C=O) groups excluding carboxylic acids is 1. The Morgan fingerprint density at radius 1 is 1.29 bits per heavy atom. The van der Waals surface area contributed by atoms with Crippen LogP contribution in [0.3, 0.4) is 0 Å². The molecular weight excluding hydrogens is 260 g/mol. The molecule has 0 bridgehead atoms. The summed E-state index contributed by atoms with van der Waals surface area (Å²) in [7, 11) is 1.98. The second-order valence-electron chi connectivity index (χ2n) is 6.22. The first kappa shape index (κ1) is 16.0. The summed E-state index contributed by atoms with van der Waals surface area (Å²) in [4.78, 5) is 14.8. The minimum atomic E-state index is 0.291. The maximum absolute atomic E-state index is 12.6. The molecule has 1 heterocycles.